The Labute approximate surface area is 272 Å². The third kappa shape index (κ3) is 10.9. The second kappa shape index (κ2) is 17.5. The average Bonchev–Trinajstić information content (AvgIpc) is 3.09. The molecule has 3 amide bonds. The number of unbranched alkanes of at least 4 members (excludes halogenated alkanes) is 1. The number of hydrogen-bond donors (Lipinski definition) is 5. The Kier molecular flexibility index (Phi) is 12.7. The molecule has 244 valence electrons. The van der Waals surface area contributed by atoms with Gasteiger partial charge in [0.05, 0.1) is 12.1 Å². The van der Waals surface area contributed by atoms with Crippen LogP contribution in [0.25, 0.3) is 10.8 Å². The van der Waals surface area contributed by atoms with Crippen molar-refractivity contribution < 1.29 is 33.4 Å². The zero-order chi connectivity index (χ0) is 33.4. The number of rotatable bonds is 17. The highest BCUT2D eigenvalue weighted by Crippen LogP contribution is 2.23. The summed E-state index contributed by atoms with van der Waals surface area (Å²) in [5, 5.41) is 17.3. The molecule has 0 aromatic heterocycles. The number of nitrogen functional groups attached to an aromatic ring is 1. The summed E-state index contributed by atoms with van der Waals surface area (Å²) in [5.41, 5.74) is 7.32. The summed E-state index contributed by atoms with van der Waals surface area (Å²) in [6.07, 6.45) is 1.49. The van der Waals surface area contributed by atoms with E-state index < -0.39 is 18.1 Å². The molecule has 12 heteroatoms. The fraction of sp³-hybridized carbons (Fsp3) is 0.229. The van der Waals surface area contributed by atoms with Crippen molar-refractivity contribution >= 4 is 41.0 Å². The number of carbonyl (C=O) groups excluding carboxylic acids is 4. The molecular formula is C35H37N5O7. The third-order valence-electron chi connectivity index (χ3n) is 7.06. The molecule has 4 rings (SSSR count). The molecule has 0 spiro atoms. The maximum Gasteiger partial charge on any atom is 0.408 e. The number of amides is 3. The minimum Gasteiger partial charge on any atom is -0.492 e. The SMILES string of the molecule is N=C(N)c1ccc2cc(OC(=O)c3ccc(OCCNC(=O)[C@H](CCCCNC=O)NC(=O)OCc4ccccc4)cc3)ccc2c1. The summed E-state index contributed by atoms with van der Waals surface area (Å²) in [4.78, 5) is 48.5. The number of nitrogens with one attached hydrogen (secondary N) is 4. The lowest BCUT2D eigenvalue weighted by atomic mass is 10.1. The Morgan fingerprint density at radius 3 is 2.28 bits per heavy atom. The van der Waals surface area contributed by atoms with Crippen LogP contribution in [0.1, 0.15) is 40.7 Å². The summed E-state index contributed by atoms with van der Waals surface area (Å²) >= 11 is 0. The number of esters is 1. The van der Waals surface area contributed by atoms with E-state index in [9.17, 15) is 19.2 Å². The van der Waals surface area contributed by atoms with Crippen molar-refractivity contribution in [1.29, 1.82) is 5.41 Å². The van der Waals surface area contributed by atoms with Crippen LogP contribution >= 0.6 is 0 Å². The van der Waals surface area contributed by atoms with Crippen LogP contribution in [-0.2, 0) is 20.9 Å². The van der Waals surface area contributed by atoms with Crippen LogP contribution in [0.2, 0.25) is 0 Å². The molecule has 0 aliphatic heterocycles. The number of benzene rings is 4. The maximum absolute atomic E-state index is 12.9. The highest BCUT2D eigenvalue weighted by Gasteiger charge is 2.21. The first kappa shape index (κ1) is 34.0. The van der Waals surface area contributed by atoms with Gasteiger partial charge in [0.15, 0.2) is 0 Å². The number of fused-ring (bicyclic) bond motifs is 1. The molecule has 4 aromatic rings. The zero-order valence-corrected chi connectivity index (χ0v) is 25.7. The Morgan fingerprint density at radius 1 is 0.830 bits per heavy atom. The Bertz CT molecular complexity index is 1680. The summed E-state index contributed by atoms with van der Waals surface area (Å²) in [7, 11) is 0. The smallest absolute Gasteiger partial charge is 0.408 e. The van der Waals surface area contributed by atoms with Gasteiger partial charge < -0.3 is 35.9 Å². The number of carbonyl (C=O) groups is 4. The molecule has 0 bridgehead atoms. The van der Waals surface area contributed by atoms with Crippen molar-refractivity contribution in [3.63, 3.8) is 0 Å². The van der Waals surface area contributed by atoms with Gasteiger partial charge in [-0.3, -0.25) is 15.0 Å². The van der Waals surface area contributed by atoms with Gasteiger partial charge in [0.25, 0.3) is 0 Å². The van der Waals surface area contributed by atoms with Crippen LogP contribution < -0.4 is 31.2 Å². The van der Waals surface area contributed by atoms with Crippen molar-refractivity contribution in [3.05, 3.63) is 108 Å². The second-order valence-corrected chi connectivity index (χ2v) is 10.5. The van der Waals surface area contributed by atoms with E-state index in [-0.39, 0.29) is 31.5 Å². The highest BCUT2D eigenvalue weighted by atomic mass is 16.5. The van der Waals surface area contributed by atoms with Crippen LogP contribution in [0.5, 0.6) is 11.5 Å². The summed E-state index contributed by atoms with van der Waals surface area (Å²) in [6, 6.07) is 25.3. The first-order valence-electron chi connectivity index (χ1n) is 15.1. The topological polar surface area (TPSA) is 182 Å². The van der Waals surface area contributed by atoms with Crippen LogP contribution in [0, 0.1) is 5.41 Å². The molecule has 47 heavy (non-hydrogen) atoms. The fourth-order valence-corrected chi connectivity index (χ4v) is 4.58. The van der Waals surface area contributed by atoms with Crippen molar-refractivity contribution in [2.24, 2.45) is 5.73 Å². The zero-order valence-electron chi connectivity index (χ0n) is 25.7. The van der Waals surface area contributed by atoms with Crippen LogP contribution in [0.3, 0.4) is 0 Å². The van der Waals surface area contributed by atoms with E-state index in [1.54, 1.807) is 54.6 Å². The largest absolute Gasteiger partial charge is 0.492 e. The van der Waals surface area contributed by atoms with Gasteiger partial charge >= 0.3 is 12.1 Å². The first-order chi connectivity index (χ1) is 22.8. The lowest BCUT2D eigenvalue weighted by Gasteiger charge is -2.18. The molecule has 0 saturated heterocycles. The van der Waals surface area contributed by atoms with Crippen LogP contribution in [-0.4, -0.2) is 56.0 Å². The minimum atomic E-state index is -0.833. The van der Waals surface area contributed by atoms with E-state index in [0.29, 0.717) is 54.8 Å². The van der Waals surface area contributed by atoms with Crippen molar-refractivity contribution in [2.45, 2.75) is 31.9 Å². The lowest BCUT2D eigenvalue weighted by Crippen LogP contribution is -2.47. The molecule has 0 heterocycles. The normalized spacial score (nSPS) is 11.1. The molecule has 0 fully saturated rings. The van der Waals surface area contributed by atoms with E-state index in [0.717, 1.165) is 16.3 Å². The van der Waals surface area contributed by atoms with E-state index in [4.69, 9.17) is 25.4 Å². The van der Waals surface area contributed by atoms with Crippen molar-refractivity contribution in [3.8, 4) is 11.5 Å². The van der Waals surface area contributed by atoms with E-state index >= 15 is 0 Å². The molecule has 0 aliphatic carbocycles. The molecular weight excluding hydrogens is 602 g/mol. The molecule has 0 aliphatic rings. The van der Waals surface area contributed by atoms with Gasteiger partial charge in [-0.25, -0.2) is 9.59 Å². The third-order valence-corrected chi connectivity index (χ3v) is 7.06. The lowest BCUT2D eigenvalue weighted by molar-refractivity contribution is -0.123. The molecule has 1 atom stereocenters. The summed E-state index contributed by atoms with van der Waals surface area (Å²) in [6.45, 7) is 0.852. The quantitative estimate of drug-likeness (QED) is 0.0286. The van der Waals surface area contributed by atoms with Crippen LogP contribution in [0.4, 0.5) is 4.79 Å². The minimum absolute atomic E-state index is 0.0211. The van der Waals surface area contributed by atoms with Gasteiger partial charge in [-0.05, 0) is 78.1 Å². The van der Waals surface area contributed by atoms with Crippen molar-refractivity contribution in [2.75, 3.05) is 19.7 Å². The molecule has 4 aromatic carbocycles. The van der Waals surface area contributed by atoms with Crippen molar-refractivity contribution in [1.82, 2.24) is 16.0 Å². The molecule has 6 N–H and O–H groups in total. The summed E-state index contributed by atoms with van der Waals surface area (Å²) < 4.78 is 16.5. The average molecular weight is 640 g/mol. The van der Waals surface area contributed by atoms with Gasteiger partial charge in [-0.15, -0.1) is 0 Å². The Hall–Kier alpha value is -5.91. The van der Waals surface area contributed by atoms with E-state index in [2.05, 4.69) is 16.0 Å². The number of ether oxygens (including phenoxy) is 3. The number of amidine groups is 1. The predicted molar refractivity (Wildman–Crippen MR) is 176 cm³/mol. The van der Waals surface area contributed by atoms with Gasteiger partial charge in [0.1, 0.15) is 36.6 Å². The monoisotopic (exact) mass is 639 g/mol. The molecule has 0 unspecified atom stereocenters. The first-order valence-corrected chi connectivity index (χ1v) is 15.1. The Balaban J connectivity index is 1.23. The van der Waals surface area contributed by atoms with Gasteiger partial charge in [0, 0.05) is 12.1 Å². The standard InChI is InChI=1S/C35H37N5O7/c36-32(37)28-10-9-27-21-30(16-13-26(27)20-28)47-34(43)25-11-14-29(15-12-25)45-19-18-39-33(42)31(8-4-5-17-38-23-41)40-35(44)46-22-24-6-2-1-3-7-24/h1-3,6-7,9-16,20-21,23,31H,4-5,8,17-19,22H2,(H3,36,37)(H,38,41)(H,39,42)(H,40,44)/t31-/m0/s1. The molecule has 0 radical (unpaired) electrons. The maximum atomic E-state index is 12.9. The second-order valence-electron chi connectivity index (χ2n) is 10.5. The van der Waals surface area contributed by atoms with E-state index in [1.807, 2.05) is 36.4 Å². The number of nitrogens with two attached hydrogens (primary N) is 1. The van der Waals surface area contributed by atoms with Crippen LogP contribution in [0.15, 0.2) is 91.0 Å². The Morgan fingerprint density at radius 2 is 1.53 bits per heavy atom. The highest BCUT2D eigenvalue weighted by molar-refractivity contribution is 5.99. The molecule has 12 nitrogen and oxygen atoms in total. The summed E-state index contributed by atoms with van der Waals surface area (Å²) in [5.74, 6) is -0.0770. The fourth-order valence-electron chi connectivity index (χ4n) is 4.58. The molecule has 0 saturated carbocycles. The number of alkyl carbamates (subject to hydrolysis) is 1. The van der Waals surface area contributed by atoms with Gasteiger partial charge in [-0.1, -0.05) is 48.5 Å². The van der Waals surface area contributed by atoms with Gasteiger partial charge in [0.2, 0.25) is 12.3 Å². The number of hydrogen-bond acceptors (Lipinski definition) is 8. The van der Waals surface area contributed by atoms with Gasteiger partial charge in [-0.2, -0.15) is 0 Å². The van der Waals surface area contributed by atoms with E-state index in [1.165, 1.54) is 0 Å². The predicted octanol–water partition coefficient (Wildman–Crippen LogP) is 4.05.